The largest absolute Gasteiger partial charge is 0.497 e. The zero-order valence-electron chi connectivity index (χ0n) is 14.2. The summed E-state index contributed by atoms with van der Waals surface area (Å²) in [6.07, 6.45) is 1.01. The van der Waals surface area contributed by atoms with Crippen LogP contribution < -0.4 is 9.47 Å². The van der Waals surface area contributed by atoms with Gasteiger partial charge in [0.1, 0.15) is 11.5 Å². The van der Waals surface area contributed by atoms with Gasteiger partial charge in [-0.3, -0.25) is 4.99 Å². The van der Waals surface area contributed by atoms with E-state index in [0.29, 0.717) is 5.92 Å². The molecule has 0 saturated heterocycles. The van der Waals surface area contributed by atoms with E-state index in [9.17, 15) is 0 Å². The van der Waals surface area contributed by atoms with Gasteiger partial charge in [0, 0.05) is 5.92 Å². The topological polar surface area (TPSA) is 30.8 Å². The third kappa shape index (κ3) is 3.24. The van der Waals surface area contributed by atoms with Gasteiger partial charge in [-0.2, -0.15) is 0 Å². The molecule has 0 fully saturated rings. The summed E-state index contributed by atoms with van der Waals surface area (Å²) in [5.74, 6) is 2.06. The Morgan fingerprint density at radius 2 is 1.39 bits per heavy atom. The van der Waals surface area contributed by atoms with E-state index in [1.165, 1.54) is 5.56 Å². The van der Waals surface area contributed by atoms with Crippen LogP contribution in [0.25, 0.3) is 0 Å². The van der Waals surface area contributed by atoms with Gasteiger partial charge in [0.25, 0.3) is 0 Å². The van der Waals surface area contributed by atoms with E-state index < -0.39 is 0 Å². The van der Waals surface area contributed by atoms with E-state index in [1.54, 1.807) is 14.2 Å². The van der Waals surface area contributed by atoms with Gasteiger partial charge in [-0.05, 0) is 67.8 Å². The lowest BCUT2D eigenvalue weighted by Gasteiger charge is -2.17. The minimum atomic E-state index is -0.0418. The maximum atomic E-state index is 5.27. The third-order valence-corrected chi connectivity index (χ3v) is 4.36. The fourth-order valence-corrected chi connectivity index (χ4v) is 3.19. The molecule has 0 radical (unpaired) electrons. The molecular formula is C20H23NO2. The lowest BCUT2D eigenvalue weighted by molar-refractivity contribution is 0.414. The Labute approximate surface area is 138 Å². The van der Waals surface area contributed by atoms with E-state index in [2.05, 4.69) is 38.1 Å². The molecule has 3 heteroatoms. The van der Waals surface area contributed by atoms with Crippen LogP contribution in [0.1, 0.15) is 37.3 Å². The fourth-order valence-electron chi connectivity index (χ4n) is 3.19. The highest BCUT2D eigenvalue weighted by atomic mass is 16.5. The van der Waals surface area contributed by atoms with Crippen LogP contribution in [0.2, 0.25) is 0 Å². The van der Waals surface area contributed by atoms with Crippen LogP contribution in [0, 0.1) is 0 Å². The van der Waals surface area contributed by atoms with E-state index in [4.69, 9.17) is 14.5 Å². The van der Waals surface area contributed by atoms with Crippen molar-refractivity contribution in [1.82, 2.24) is 0 Å². The molecule has 3 rings (SSSR count). The van der Waals surface area contributed by atoms with Gasteiger partial charge in [0.15, 0.2) is 0 Å². The first-order valence-corrected chi connectivity index (χ1v) is 7.90. The molecule has 1 aliphatic heterocycles. The van der Waals surface area contributed by atoms with Crippen molar-refractivity contribution in [3.8, 4) is 11.5 Å². The van der Waals surface area contributed by atoms with E-state index >= 15 is 0 Å². The normalized spacial score (nSPS) is 19.3. The van der Waals surface area contributed by atoms with Crippen molar-refractivity contribution in [3.05, 3.63) is 59.7 Å². The first-order valence-electron chi connectivity index (χ1n) is 7.90. The van der Waals surface area contributed by atoms with Crippen molar-refractivity contribution in [2.45, 2.75) is 31.7 Å². The van der Waals surface area contributed by atoms with Crippen LogP contribution in [0.15, 0.2) is 53.5 Å². The number of aliphatic imine (C=N–C) groups is 1. The predicted molar refractivity (Wildman–Crippen MR) is 94.0 cm³/mol. The van der Waals surface area contributed by atoms with Gasteiger partial charge in [0.2, 0.25) is 0 Å². The third-order valence-electron chi connectivity index (χ3n) is 4.36. The highest BCUT2D eigenvalue weighted by Crippen LogP contribution is 2.39. The SMILES string of the molecule is COc1ccc(C2=NC(C)(C)CC2c2ccc(OC)cc2)cc1. The quantitative estimate of drug-likeness (QED) is 0.835. The maximum absolute atomic E-state index is 5.27. The Morgan fingerprint density at radius 3 is 1.91 bits per heavy atom. The molecule has 0 bridgehead atoms. The molecule has 120 valence electrons. The molecule has 23 heavy (non-hydrogen) atoms. The van der Waals surface area contributed by atoms with Gasteiger partial charge in [0.05, 0.1) is 25.5 Å². The molecule has 0 amide bonds. The molecule has 0 aliphatic carbocycles. The van der Waals surface area contributed by atoms with Gasteiger partial charge in [-0.25, -0.2) is 0 Å². The van der Waals surface area contributed by atoms with Crippen LogP contribution in [-0.4, -0.2) is 25.5 Å². The summed E-state index contributed by atoms with van der Waals surface area (Å²) in [5, 5.41) is 0. The average molecular weight is 309 g/mol. The summed E-state index contributed by atoms with van der Waals surface area (Å²) in [6, 6.07) is 16.5. The molecule has 0 saturated carbocycles. The Balaban J connectivity index is 1.96. The zero-order valence-corrected chi connectivity index (χ0v) is 14.2. The van der Waals surface area contributed by atoms with E-state index in [1.807, 2.05) is 24.3 Å². The molecule has 0 N–H and O–H groups in total. The van der Waals surface area contributed by atoms with Crippen molar-refractivity contribution in [2.24, 2.45) is 4.99 Å². The second-order valence-corrected chi connectivity index (χ2v) is 6.57. The molecule has 1 aliphatic rings. The summed E-state index contributed by atoms with van der Waals surface area (Å²) >= 11 is 0. The monoisotopic (exact) mass is 309 g/mol. The minimum Gasteiger partial charge on any atom is -0.497 e. The number of rotatable bonds is 4. The van der Waals surface area contributed by atoms with Gasteiger partial charge < -0.3 is 9.47 Å². The van der Waals surface area contributed by atoms with Gasteiger partial charge in [-0.15, -0.1) is 0 Å². The Hall–Kier alpha value is -2.29. The molecule has 2 aromatic carbocycles. The molecule has 1 unspecified atom stereocenters. The van der Waals surface area contributed by atoms with Crippen molar-refractivity contribution < 1.29 is 9.47 Å². The summed E-state index contributed by atoms with van der Waals surface area (Å²) in [5.41, 5.74) is 3.56. The minimum absolute atomic E-state index is 0.0418. The number of ether oxygens (including phenoxy) is 2. The standard InChI is InChI=1S/C20H23NO2/c1-20(2)13-18(14-5-9-16(22-3)10-6-14)19(21-20)15-7-11-17(23-4)12-8-15/h5-12,18H,13H2,1-4H3. The van der Waals surface area contributed by atoms with Crippen molar-refractivity contribution in [2.75, 3.05) is 14.2 Å². The molecule has 2 aromatic rings. The van der Waals surface area contributed by atoms with E-state index in [-0.39, 0.29) is 5.54 Å². The fraction of sp³-hybridized carbons (Fsp3) is 0.350. The lowest BCUT2D eigenvalue weighted by Crippen LogP contribution is -2.14. The van der Waals surface area contributed by atoms with Crippen LogP contribution in [0.3, 0.4) is 0 Å². The highest BCUT2D eigenvalue weighted by molar-refractivity contribution is 6.06. The number of hydrogen-bond acceptors (Lipinski definition) is 3. The van der Waals surface area contributed by atoms with E-state index in [0.717, 1.165) is 29.2 Å². The number of methoxy groups -OCH3 is 2. The first-order chi connectivity index (χ1) is 11.0. The van der Waals surface area contributed by atoms with Crippen molar-refractivity contribution in [3.63, 3.8) is 0 Å². The molecule has 0 spiro atoms. The number of nitrogens with zero attached hydrogens (tertiary/aromatic N) is 1. The Bertz CT molecular complexity index is 699. The average Bonchev–Trinajstić information content (AvgIpc) is 2.91. The Morgan fingerprint density at radius 1 is 0.870 bits per heavy atom. The molecule has 1 atom stereocenters. The summed E-state index contributed by atoms with van der Waals surface area (Å²) in [7, 11) is 3.38. The molecule has 3 nitrogen and oxygen atoms in total. The summed E-state index contributed by atoms with van der Waals surface area (Å²) < 4.78 is 10.5. The van der Waals surface area contributed by atoms with Crippen LogP contribution in [0.5, 0.6) is 11.5 Å². The highest BCUT2D eigenvalue weighted by Gasteiger charge is 2.35. The maximum Gasteiger partial charge on any atom is 0.118 e. The van der Waals surface area contributed by atoms with Crippen molar-refractivity contribution >= 4 is 5.71 Å². The first kappa shape index (κ1) is 15.6. The number of benzene rings is 2. The van der Waals surface area contributed by atoms with Crippen molar-refractivity contribution in [1.29, 1.82) is 0 Å². The molecular weight excluding hydrogens is 286 g/mol. The second-order valence-electron chi connectivity index (χ2n) is 6.57. The van der Waals surface area contributed by atoms with Gasteiger partial charge >= 0.3 is 0 Å². The molecule has 1 heterocycles. The predicted octanol–water partition coefficient (Wildman–Crippen LogP) is 4.46. The smallest absolute Gasteiger partial charge is 0.118 e. The van der Waals surface area contributed by atoms with Crippen LogP contribution >= 0.6 is 0 Å². The lowest BCUT2D eigenvalue weighted by atomic mass is 9.85. The number of hydrogen-bond donors (Lipinski definition) is 0. The van der Waals surface area contributed by atoms with Gasteiger partial charge in [-0.1, -0.05) is 12.1 Å². The zero-order chi connectivity index (χ0) is 16.4. The summed E-state index contributed by atoms with van der Waals surface area (Å²) in [6.45, 7) is 4.39. The van der Waals surface area contributed by atoms with Crippen LogP contribution in [-0.2, 0) is 0 Å². The van der Waals surface area contributed by atoms with Crippen LogP contribution in [0.4, 0.5) is 0 Å². The Kier molecular flexibility index (Phi) is 4.12. The molecule has 0 aromatic heterocycles. The second kappa shape index (κ2) is 6.07. The summed E-state index contributed by atoms with van der Waals surface area (Å²) in [4.78, 5) is 4.99.